The summed E-state index contributed by atoms with van der Waals surface area (Å²) in [7, 11) is 0. The van der Waals surface area contributed by atoms with Crippen molar-refractivity contribution in [3.8, 4) is 0 Å². The van der Waals surface area contributed by atoms with Crippen molar-refractivity contribution in [3.63, 3.8) is 0 Å². The highest BCUT2D eigenvalue weighted by Crippen LogP contribution is 2.23. The Morgan fingerprint density at radius 1 is 1.30 bits per heavy atom. The largest absolute Gasteiger partial charge is 0.397 e. The molecule has 0 saturated carbocycles. The Labute approximate surface area is 123 Å². The van der Waals surface area contributed by atoms with Crippen molar-refractivity contribution >= 4 is 44.1 Å². The number of carbonyl (C=O) groups excluding carboxylic acids is 1. The number of carbonyl (C=O) groups is 1. The molecule has 3 rings (SSSR count). The van der Waals surface area contributed by atoms with Gasteiger partial charge in [-0.05, 0) is 40.2 Å². The van der Waals surface area contributed by atoms with E-state index in [1.54, 1.807) is 30.5 Å². The lowest BCUT2D eigenvalue weighted by Gasteiger charge is -2.04. The number of H-pyrrole nitrogens is 1. The molecule has 0 saturated heterocycles. The van der Waals surface area contributed by atoms with Crippen molar-refractivity contribution < 1.29 is 4.79 Å². The molecule has 1 aromatic carbocycles. The number of nitrogens with one attached hydrogen (secondary N) is 2. The molecule has 3 aromatic rings. The number of nitrogen functional groups attached to an aromatic ring is 1. The summed E-state index contributed by atoms with van der Waals surface area (Å²) in [6.07, 6.45) is 1.64. The summed E-state index contributed by atoms with van der Waals surface area (Å²) >= 11 is 3.29. The number of halogens is 1. The summed E-state index contributed by atoms with van der Waals surface area (Å²) in [4.78, 5) is 19.3. The highest BCUT2D eigenvalue weighted by molar-refractivity contribution is 9.10. The SMILES string of the molecule is Nc1cccc2cc(C(=O)Nc3cccnc3Br)[nH]c12. The zero-order valence-electron chi connectivity index (χ0n) is 10.4. The number of aromatic amines is 1. The molecular formula is C14H11BrN4O. The van der Waals surface area contributed by atoms with Crippen LogP contribution in [0, 0.1) is 0 Å². The zero-order valence-corrected chi connectivity index (χ0v) is 11.9. The third-order valence-corrected chi connectivity index (χ3v) is 3.57. The molecule has 0 spiro atoms. The summed E-state index contributed by atoms with van der Waals surface area (Å²) in [5.74, 6) is -0.241. The van der Waals surface area contributed by atoms with E-state index in [0.717, 1.165) is 10.9 Å². The number of rotatable bonds is 2. The highest BCUT2D eigenvalue weighted by Gasteiger charge is 2.12. The van der Waals surface area contributed by atoms with E-state index in [2.05, 4.69) is 31.2 Å². The van der Waals surface area contributed by atoms with Crippen LogP contribution in [-0.2, 0) is 0 Å². The number of anilines is 2. The second-order valence-corrected chi connectivity index (χ2v) is 5.04. The van der Waals surface area contributed by atoms with Crippen LogP contribution >= 0.6 is 15.9 Å². The van der Waals surface area contributed by atoms with E-state index in [1.807, 2.05) is 12.1 Å². The van der Waals surface area contributed by atoms with E-state index in [1.165, 1.54) is 0 Å². The molecule has 0 aliphatic carbocycles. The normalized spacial score (nSPS) is 10.7. The van der Waals surface area contributed by atoms with Crippen LogP contribution in [0.25, 0.3) is 10.9 Å². The van der Waals surface area contributed by atoms with Gasteiger partial charge in [-0.15, -0.1) is 0 Å². The summed E-state index contributed by atoms with van der Waals surface area (Å²) in [5, 5.41) is 3.69. The fraction of sp³-hybridized carbons (Fsp3) is 0. The summed E-state index contributed by atoms with van der Waals surface area (Å²) in [5.41, 5.74) is 8.31. The number of nitrogens with zero attached hydrogens (tertiary/aromatic N) is 1. The van der Waals surface area contributed by atoms with Crippen LogP contribution in [-0.4, -0.2) is 15.9 Å². The maximum Gasteiger partial charge on any atom is 0.272 e. The minimum Gasteiger partial charge on any atom is -0.397 e. The van der Waals surface area contributed by atoms with Crippen LogP contribution in [0.4, 0.5) is 11.4 Å². The van der Waals surface area contributed by atoms with Crippen LogP contribution in [0.3, 0.4) is 0 Å². The van der Waals surface area contributed by atoms with Crippen LogP contribution in [0.1, 0.15) is 10.5 Å². The van der Waals surface area contributed by atoms with Crippen molar-refractivity contribution in [3.05, 3.63) is 52.9 Å². The minimum atomic E-state index is -0.241. The number of fused-ring (bicyclic) bond motifs is 1. The Morgan fingerprint density at radius 2 is 2.15 bits per heavy atom. The molecule has 0 aliphatic rings. The molecule has 2 heterocycles. The van der Waals surface area contributed by atoms with Gasteiger partial charge in [-0.3, -0.25) is 4.79 Å². The van der Waals surface area contributed by atoms with Crippen molar-refractivity contribution in [1.29, 1.82) is 0 Å². The standard InChI is InChI=1S/C14H11BrN4O/c15-13-10(5-2-6-17-13)19-14(20)11-7-8-3-1-4-9(16)12(8)18-11/h1-7,18H,16H2,(H,19,20). The fourth-order valence-electron chi connectivity index (χ4n) is 1.97. The lowest BCUT2D eigenvalue weighted by atomic mass is 10.2. The van der Waals surface area contributed by atoms with E-state index in [-0.39, 0.29) is 5.91 Å². The van der Waals surface area contributed by atoms with Crippen molar-refractivity contribution in [1.82, 2.24) is 9.97 Å². The van der Waals surface area contributed by atoms with Gasteiger partial charge in [0.05, 0.1) is 16.9 Å². The molecule has 0 atom stereocenters. The van der Waals surface area contributed by atoms with E-state index in [9.17, 15) is 4.79 Å². The Hall–Kier alpha value is -2.34. The molecular weight excluding hydrogens is 320 g/mol. The summed E-state index contributed by atoms with van der Waals surface area (Å²) in [6, 6.07) is 10.8. The van der Waals surface area contributed by atoms with Gasteiger partial charge >= 0.3 is 0 Å². The molecule has 0 fully saturated rings. The predicted molar refractivity (Wildman–Crippen MR) is 82.6 cm³/mol. The van der Waals surface area contributed by atoms with Crippen LogP contribution in [0.5, 0.6) is 0 Å². The van der Waals surface area contributed by atoms with E-state index in [0.29, 0.717) is 21.7 Å². The Bertz CT molecular complexity index is 797. The summed E-state index contributed by atoms with van der Waals surface area (Å²) in [6.45, 7) is 0. The van der Waals surface area contributed by atoms with Crippen LogP contribution in [0.15, 0.2) is 47.2 Å². The average molecular weight is 331 g/mol. The minimum absolute atomic E-state index is 0.241. The number of hydrogen-bond acceptors (Lipinski definition) is 3. The molecule has 0 bridgehead atoms. The van der Waals surface area contributed by atoms with Crippen molar-refractivity contribution in [2.24, 2.45) is 0 Å². The molecule has 4 N–H and O–H groups in total. The molecule has 20 heavy (non-hydrogen) atoms. The predicted octanol–water partition coefficient (Wildman–Crippen LogP) is 3.16. The van der Waals surface area contributed by atoms with Gasteiger partial charge in [0.2, 0.25) is 0 Å². The monoisotopic (exact) mass is 330 g/mol. The smallest absolute Gasteiger partial charge is 0.272 e. The highest BCUT2D eigenvalue weighted by atomic mass is 79.9. The Morgan fingerprint density at radius 3 is 2.90 bits per heavy atom. The third kappa shape index (κ3) is 2.25. The molecule has 100 valence electrons. The molecule has 0 aliphatic heterocycles. The van der Waals surface area contributed by atoms with Gasteiger partial charge < -0.3 is 16.0 Å². The average Bonchev–Trinajstić information content (AvgIpc) is 2.87. The molecule has 5 nitrogen and oxygen atoms in total. The zero-order chi connectivity index (χ0) is 14.1. The fourth-order valence-corrected chi connectivity index (χ4v) is 2.32. The Balaban J connectivity index is 1.93. The topological polar surface area (TPSA) is 83.8 Å². The number of aromatic nitrogens is 2. The second kappa shape index (κ2) is 4.97. The van der Waals surface area contributed by atoms with Gasteiger partial charge in [0.25, 0.3) is 5.91 Å². The maximum absolute atomic E-state index is 12.2. The van der Waals surface area contributed by atoms with Gasteiger partial charge in [0, 0.05) is 11.6 Å². The first-order valence-electron chi connectivity index (χ1n) is 5.94. The van der Waals surface area contributed by atoms with E-state index >= 15 is 0 Å². The third-order valence-electron chi connectivity index (χ3n) is 2.94. The van der Waals surface area contributed by atoms with Crippen LogP contribution < -0.4 is 11.1 Å². The molecule has 0 unspecified atom stereocenters. The molecule has 0 radical (unpaired) electrons. The van der Waals surface area contributed by atoms with Gasteiger partial charge in [-0.1, -0.05) is 12.1 Å². The number of pyridine rings is 1. The first-order valence-corrected chi connectivity index (χ1v) is 6.73. The lowest BCUT2D eigenvalue weighted by molar-refractivity contribution is 0.102. The number of benzene rings is 1. The maximum atomic E-state index is 12.2. The van der Waals surface area contributed by atoms with Gasteiger partial charge in [-0.25, -0.2) is 4.98 Å². The van der Waals surface area contributed by atoms with E-state index in [4.69, 9.17) is 5.73 Å². The lowest BCUT2D eigenvalue weighted by Crippen LogP contribution is -2.12. The summed E-state index contributed by atoms with van der Waals surface area (Å²) < 4.78 is 0.587. The number of amides is 1. The quantitative estimate of drug-likeness (QED) is 0.498. The van der Waals surface area contributed by atoms with Crippen molar-refractivity contribution in [2.45, 2.75) is 0 Å². The second-order valence-electron chi connectivity index (χ2n) is 4.29. The van der Waals surface area contributed by atoms with E-state index < -0.39 is 0 Å². The van der Waals surface area contributed by atoms with Crippen molar-refractivity contribution in [2.75, 3.05) is 11.1 Å². The van der Waals surface area contributed by atoms with Gasteiger partial charge in [0.1, 0.15) is 10.3 Å². The molecule has 2 aromatic heterocycles. The van der Waals surface area contributed by atoms with Crippen LogP contribution in [0.2, 0.25) is 0 Å². The first kappa shape index (κ1) is 12.7. The Kier molecular flexibility index (Phi) is 3.15. The molecule has 1 amide bonds. The molecule has 6 heteroatoms. The number of hydrogen-bond donors (Lipinski definition) is 3. The number of nitrogens with two attached hydrogens (primary N) is 1. The first-order chi connectivity index (χ1) is 9.65. The van der Waals surface area contributed by atoms with Gasteiger partial charge in [-0.2, -0.15) is 0 Å². The van der Waals surface area contributed by atoms with Gasteiger partial charge in [0.15, 0.2) is 0 Å². The number of para-hydroxylation sites is 1.